The molecule has 0 heterocycles. The van der Waals surface area contributed by atoms with Gasteiger partial charge in [0.15, 0.2) is 0 Å². The number of sulfonamides is 1. The average Bonchev–Trinajstić information content (AvgIpc) is 2.38. The number of carbonyl (C=O) groups excluding carboxylic acids is 1. The molecule has 0 aliphatic heterocycles. The first kappa shape index (κ1) is 17.5. The summed E-state index contributed by atoms with van der Waals surface area (Å²) >= 11 is 0. The lowest BCUT2D eigenvalue weighted by Crippen LogP contribution is -2.24. The van der Waals surface area contributed by atoms with Crippen LogP contribution in [-0.4, -0.2) is 20.9 Å². The molecule has 3 N–H and O–H groups in total. The van der Waals surface area contributed by atoms with Gasteiger partial charge in [0.1, 0.15) is 10.6 Å². The molecule has 0 aromatic heterocycles. The van der Waals surface area contributed by atoms with Gasteiger partial charge >= 0.3 is 0 Å². The summed E-state index contributed by atoms with van der Waals surface area (Å²) in [7, 11) is -3.93. The van der Waals surface area contributed by atoms with E-state index in [1.807, 2.05) is 20.8 Å². The molecule has 1 aromatic rings. The van der Waals surface area contributed by atoms with Crippen LogP contribution in [0.2, 0.25) is 0 Å². The van der Waals surface area contributed by atoms with Crippen molar-refractivity contribution in [1.29, 1.82) is 0 Å². The number of nitrogens with one attached hydrogen (secondary N) is 1. The van der Waals surface area contributed by atoms with Crippen LogP contribution >= 0.6 is 0 Å². The maximum absolute atomic E-state index is 12.0. The molecule has 0 bridgehead atoms. The van der Waals surface area contributed by atoms with Gasteiger partial charge in [0.25, 0.3) is 0 Å². The number of benzene rings is 1. The molecule has 0 fully saturated rings. The maximum atomic E-state index is 12.0. The largest absolute Gasteiger partial charge is 0.492 e. The Morgan fingerprint density at radius 1 is 1.33 bits per heavy atom. The predicted molar refractivity (Wildman–Crippen MR) is 81.6 cm³/mol. The molecule has 1 aromatic carbocycles. The summed E-state index contributed by atoms with van der Waals surface area (Å²) in [6.07, 6.45) is 0. The van der Waals surface area contributed by atoms with Gasteiger partial charge in [-0.25, -0.2) is 13.6 Å². The molecule has 0 aliphatic carbocycles. The number of hydrogen-bond acceptors (Lipinski definition) is 4. The minimum absolute atomic E-state index is 0.139. The van der Waals surface area contributed by atoms with Crippen LogP contribution in [0.15, 0.2) is 23.1 Å². The van der Waals surface area contributed by atoms with Gasteiger partial charge in [0.05, 0.1) is 6.61 Å². The third-order valence-electron chi connectivity index (χ3n) is 3.23. The molecule has 6 nitrogen and oxygen atoms in total. The fraction of sp³-hybridized carbons (Fsp3) is 0.500. The maximum Gasteiger partial charge on any atom is 0.241 e. The van der Waals surface area contributed by atoms with E-state index in [-0.39, 0.29) is 28.4 Å². The van der Waals surface area contributed by atoms with Crippen molar-refractivity contribution in [2.24, 2.45) is 17.0 Å². The summed E-state index contributed by atoms with van der Waals surface area (Å²) in [5, 5.41) is 7.87. The van der Waals surface area contributed by atoms with Crippen LogP contribution in [0.3, 0.4) is 0 Å². The van der Waals surface area contributed by atoms with Gasteiger partial charge in [0, 0.05) is 11.6 Å². The summed E-state index contributed by atoms with van der Waals surface area (Å²) < 4.78 is 28.4. The molecule has 0 radical (unpaired) electrons. The van der Waals surface area contributed by atoms with Crippen molar-refractivity contribution in [2.75, 3.05) is 11.9 Å². The van der Waals surface area contributed by atoms with Crippen LogP contribution in [-0.2, 0) is 14.8 Å². The standard InChI is InChI=1S/C14H22N2O4S/c1-5-20-12-7-6-11(8-13(12)21(15,18)19)16-14(17)10(4)9(2)3/h6-10H,5H2,1-4H3,(H,16,17)(H2,15,18,19). The first-order valence-corrected chi connectivity index (χ1v) is 8.32. The average molecular weight is 314 g/mol. The zero-order valence-corrected chi connectivity index (χ0v) is 13.5. The second-order valence-corrected chi connectivity index (χ2v) is 6.69. The molecule has 0 saturated heterocycles. The van der Waals surface area contributed by atoms with E-state index in [9.17, 15) is 13.2 Å². The molecule has 118 valence electrons. The van der Waals surface area contributed by atoms with Gasteiger partial charge in [-0.1, -0.05) is 20.8 Å². The second-order valence-electron chi connectivity index (χ2n) is 5.16. The molecular formula is C14H22N2O4S. The van der Waals surface area contributed by atoms with Crippen molar-refractivity contribution in [2.45, 2.75) is 32.6 Å². The summed E-state index contributed by atoms with van der Waals surface area (Å²) in [4.78, 5) is 11.9. The van der Waals surface area contributed by atoms with E-state index in [1.165, 1.54) is 12.1 Å². The second kappa shape index (κ2) is 6.91. The number of primary sulfonamides is 1. The van der Waals surface area contributed by atoms with E-state index in [4.69, 9.17) is 9.88 Å². The molecule has 0 spiro atoms. The van der Waals surface area contributed by atoms with Crippen molar-refractivity contribution in [3.63, 3.8) is 0 Å². The highest BCUT2D eigenvalue weighted by Crippen LogP contribution is 2.27. The van der Waals surface area contributed by atoms with Gasteiger partial charge in [-0.2, -0.15) is 0 Å². The van der Waals surface area contributed by atoms with Crippen LogP contribution in [0.25, 0.3) is 0 Å². The zero-order valence-electron chi connectivity index (χ0n) is 12.7. The highest BCUT2D eigenvalue weighted by molar-refractivity contribution is 7.89. The van der Waals surface area contributed by atoms with E-state index in [1.54, 1.807) is 13.0 Å². The molecule has 1 atom stereocenters. The molecule has 0 saturated carbocycles. The zero-order chi connectivity index (χ0) is 16.2. The van der Waals surface area contributed by atoms with Gasteiger partial charge in [-0.05, 0) is 31.0 Å². The van der Waals surface area contributed by atoms with E-state index >= 15 is 0 Å². The molecule has 1 unspecified atom stereocenters. The third-order valence-corrected chi connectivity index (χ3v) is 4.16. The smallest absolute Gasteiger partial charge is 0.241 e. The molecule has 1 amide bonds. The Morgan fingerprint density at radius 3 is 2.43 bits per heavy atom. The lowest BCUT2D eigenvalue weighted by Gasteiger charge is -2.16. The number of amides is 1. The summed E-state index contributed by atoms with van der Waals surface area (Å²) in [5.74, 6) is 0.00403. The van der Waals surface area contributed by atoms with Gasteiger partial charge in [-0.3, -0.25) is 4.79 Å². The Balaban J connectivity index is 3.09. The Bertz CT molecular complexity index is 611. The van der Waals surface area contributed by atoms with Crippen LogP contribution in [0, 0.1) is 11.8 Å². The van der Waals surface area contributed by atoms with E-state index < -0.39 is 10.0 Å². The normalized spacial score (nSPS) is 13.0. The summed E-state index contributed by atoms with van der Waals surface area (Å²) in [6.45, 7) is 7.76. The van der Waals surface area contributed by atoms with Crippen LogP contribution < -0.4 is 15.2 Å². The number of hydrogen-bond donors (Lipinski definition) is 2. The fourth-order valence-corrected chi connectivity index (χ4v) is 2.34. The van der Waals surface area contributed by atoms with Crippen molar-refractivity contribution in [3.8, 4) is 5.75 Å². The summed E-state index contributed by atoms with van der Waals surface area (Å²) in [5.41, 5.74) is 0.375. The number of nitrogens with two attached hydrogens (primary N) is 1. The topological polar surface area (TPSA) is 98.5 Å². The van der Waals surface area contributed by atoms with Gasteiger partial charge < -0.3 is 10.1 Å². The highest BCUT2D eigenvalue weighted by atomic mass is 32.2. The highest BCUT2D eigenvalue weighted by Gasteiger charge is 2.19. The molecule has 21 heavy (non-hydrogen) atoms. The Kier molecular flexibility index (Phi) is 5.74. The number of anilines is 1. The Labute approximate surface area is 125 Å². The number of rotatable bonds is 6. The monoisotopic (exact) mass is 314 g/mol. The van der Waals surface area contributed by atoms with Gasteiger partial charge in [-0.15, -0.1) is 0 Å². The fourth-order valence-electron chi connectivity index (χ4n) is 1.64. The van der Waals surface area contributed by atoms with E-state index in [0.29, 0.717) is 12.3 Å². The SMILES string of the molecule is CCOc1ccc(NC(=O)C(C)C(C)C)cc1S(N)(=O)=O. The molecule has 0 aliphatic rings. The van der Waals surface area contributed by atoms with Gasteiger partial charge in [0.2, 0.25) is 15.9 Å². The lowest BCUT2D eigenvalue weighted by atomic mass is 9.97. The van der Waals surface area contributed by atoms with E-state index in [0.717, 1.165) is 0 Å². The molecule has 7 heteroatoms. The van der Waals surface area contributed by atoms with Crippen molar-refractivity contribution >= 4 is 21.6 Å². The van der Waals surface area contributed by atoms with Crippen LogP contribution in [0.1, 0.15) is 27.7 Å². The third kappa shape index (κ3) is 4.71. The van der Waals surface area contributed by atoms with E-state index in [2.05, 4.69) is 5.32 Å². The van der Waals surface area contributed by atoms with Crippen LogP contribution in [0.5, 0.6) is 5.75 Å². The minimum atomic E-state index is -3.93. The minimum Gasteiger partial charge on any atom is -0.492 e. The van der Waals surface area contributed by atoms with Crippen molar-refractivity contribution < 1.29 is 17.9 Å². The summed E-state index contributed by atoms with van der Waals surface area (Å²) in [6, 6.07) is 4.38. The number of carbonyl (C=O) groups is 1. The van der Waals surface area contributed by atoms with Crippen molar-refractivity contribution in [1.82, 2.24) is 0 Å². The molecular weight excluding hydrogens is 292 g/mol. The Hall–Kier alpha value is -1.60. The number of ether oxygens (including phenoxy) is 1. The quantitative estimate of drug-likeness (QED) is 0.838. The van der Waals surface area contributed by atoms with Crippen molar-refractivity contribution in [3.05, 3.63) is 18.2 Å². The molecule has 1 rings (SSSR count). The predicted octanol–water partition coefficient (Wildman–Crippen LogP) is 1.96. The first-order valence-electron chi connectivity index (χ1n) is 6.77. The van der Waals surface area contributed by atoms with Crippen LogP contribution in [0.4, 0.5) is 5.69 Å². The Morgan fingerprint density at radius 2 is 1.95 bits per heavy atom. The first-order chi connectivity index (χ1) is 9.66. The lowest BCUT2D eigenvalue weighted by molar-refractivity contribution is -0.120.